The third-order valence-corrected chi connectivity index (χ3v) is 8.53. The van der Waals surface area contributed by atoms with Crippen LogP contribution in [0.3, 0.4) is 0 Å². The van der Waals surface area contributed by atoms with Crippen LogP contribution < -0.4 is 5.32 Å². The lowest BCUT2D eigenvalue weighted by Crippen LogP contribution is -2.43. The molecule has 1 aliphatic rings. The second-order valence-electron chi connectivity index (χ2n) is 9.02. The van der Waals surface area contributed by atoms with Gasteiger partial charge in [0.2, 0.25) is 15.9 Å². The Bertz CT molecular complexity index is 1330. The molecule has 1 N–H and O–H groups in total. The quantitative estimate of drug-likeness (QED) is 0.566. The van der Waals surface area contributed by atoms with Crippen LogP contribution in [0.1, 0.15) is 41.3 Å². The summed E-state index contributed by atoms with van der Waals surface area (Å²) in [6.45, 7) is 10.4. The van der Waals surface area contributed by atoms with Gasteiger partial charge in [0, 0.05) is 25.8 Å². The van der Waals surface area contributed by atoms with E-state index in [1.54, 1.807) is 14.0 Å². The summed E-state index contributed by atoms with van der Waals surface area (Å²) in [6, 6.07) is 2.00. The molecule has 3 aromatic rings. The number of sulfonamides is 1. The monoisotopic (exact) mass is 488 g/mol. The van der Waals surface area contributed by atoms with Gasteiger partial charge in [-0.1, -0.05) is 0 Å². The molecule has 1 aliphatic heterocycles. The van der Waals surface area contributed by atoms with E-state index >= 15 is 0 Å². The molecule has 4 rings (SSSR count). The van der Waals surface area contributed by atoms with Crippen LogP contribution in [0, 0.1) is 40.5 Å². The van der Waals surface area contributed by atoms with E-state index in [1.807, 2.05) is 43.1 Å². The number of piperidine rings is 1. The summed E-state index contributed by atoms with van der Waals surface area (Å²) >= 11 is 0. The molecule has 1 amide bonds. The van der Waals surface area contributed by atoms with E-state index in [2.05, 4.69) is 20.6 Å². The zero-order valence-corrected chi connectivity index (χ0v) is 21.3. The topological polar surface area (TPSA) is 120 Å². The molecule has 0 aliphatic carbocycles. The number of amides is 1. The van der Waals surface area contributed by atoms with Crippen LogP contribution in [0.15, 0.2) is 17.2 Å². The van der Waals surface area contributed by atoms with Gasteiger partial charge in [0.25, 0.3) is 0 Å². The fraction of sp³-hybridized carbons (Fsp3) is 0.545. The van der Waals surface area contributed by atoms with E-state index in [1.165, 1.54) is 15.2 Å². The molecule has 3 aromatic heterocycles. The molecule has 34 heavy (non-hydrogen) atoms. The summed E-state index contributed by atoms with van der Waals surface area (Å²) in [5.41, 5.74) is 4.74. The highest BCUT2D eigenvalue weighted by Gasteiger charge is 2.35. The van der Waals surface area contributed by atoms with Gasteiger partial charge in [-0.15, -0.1) is 0 Å². The van der Waals surface area contributed by atoms with Crippen molar-refractivity contribution in [3.8, 4) is 0 Å². The molecule has 11 nitrogen and oxygen atoms in total. The largest absolute Gasteiger partial charge is 0.323 e. The Balaban J connectivity index is 1.49. The molecule has 1 atom stereocenters. The molecule has 0 bridgehead atoms. The molecule has 1 saturated heterocycles. The van der Waals surface area contributed by atoms with Gasteiger partial charge in [-0.2, -0.15) is 19.6 Å². The highest BCUT2D eigenvalue weighted by Crippen LogP contribution is 2.27. The third kappa shape index (κ3) is 4.39. The van der Waals surface area contributed by atoms with Gasteiger partial charge in [0.05, 0.1) is 40.6 Å². The second-order valence-corrected chi connectivity index (χ2v) is 10.9. The van der Waals surface area contributed by atoms with Crippen molar-refractivity contribution in [2.45, 2.75) is 59.0 Å². The van der Waals surface area contributed by atoms with Crippen LogP contribution in [0.4, 0.5) is 5.69 Å². The lowest BCUT2D eigenvalue weighted by molar-refractivity contribution is -0.120. The van der Waals surface area contributed by atoms with Crippen LogP contribution in [-0.4, -0.2) is 61.1 Å². The molecular formula is C22H32N8O3S. The van der Waals surface area contributed by atoms with Crippen molar-refractivity contribution in [2.24, 2.45) is 13.0 Å². The van der Waals surface area contributed by atoms with Crippen LogP contribution in [0.2, 0.25) is 0 Å². The first-order valence-electron chi connectivity index (χ1n) is 11.3. The summed E-state index contributed by atoms with van der Waals surface area (Å²) in [7, 11) is -2.01. The van der Waals surface area contributed by atoms with Gasteiger partial charge < -0.3 is 5.32 Å². The fourth-order valence-corrected chi connectivity index (χ4v) is 6.14. The fourth-order valence-electron chi connectivity index (χ4n) is 4.43. The van der Waals surface area contributed by atoms with Crippen molar-refractivity contribution >= 4 is 21.6 Å². The molecular weight excluding hydrogens is 456 g/mol. The number of rotatable bonds is 6. The van der Waals surface area contributed by atoms with Gasteiger partial charge in [-0.05, 0) is 53.5 Å². The Morgan fingerprint density at radius 1 is 1.12 bits per heavy atom. The molecule has 1 unspecified atom stereocenters. The zero-order chi connectivity index (χ0) is 24.8. The Morgan fingerprint density at radius 3 is 2.47 bits per heavy atom. The summed E-state index contributed by atoms with van der Waals surface area (Å²) in [5.74, 6) is -0.640. The number of nitrogens with one attached hydrogen (secondary N) is 1. The molecule has 0 aromatic carbocycles. The van der Waals surface area contributed by atoms with E-state index < -0.39 is 15.9 Å². The summed E-state index contributed by atoms with van der Waals surface area (Å²) in [5, 5.41) is 16.1. The molecule has 4 heterocycles. The Kier molecular flexibility index (Phi) is 6.38. The number of hydrogen-bond acceptors (Lipinski definition) is 6. The van der Waals surface area contributed by atoms with E-state index in [-0.39, 0.29) is 17.3 Å². The Morgan fingerprint density at radius 2 is 1.85 bits per heavy atom. The predicted molar refractivity (Wildman–Crippen MR) is 127 cm³/mol. The third-order valence-electron chi connectivity index (χ3n) is 6.56. The summed E-state index contributed by atoms with van der Waals surface area (Å²) < 4.78 is 33.0. The molecule has 184 valence electrons. The Hall–Kier alpha value is -2.99. The average molecular weight is 489 g/mol. The predicted octanol–water partition coefficient (Wildman–Crippen LogP) is 1.90. The first-order valence-corrected chi connectivity index (χ1v) is 12.8. The van der Waals surface area contributed by atoms with Crippen molar-refractivity contribution < 1.29 is 13.2 Å². The lowest BCUT2D eigenvalue weighted by atomic mass is 9.98. The first kappa shape index (κ1) is 24.1. The van der Waals surface area contributed by atoms with Crippen LogP contribution >= 0.6 is 0 Å². The number of hydrogen-bond donors (Lipinski definition) is 1. The zero-order valence-electron chi connectivity index (χ0n) is 20.5. The Labute approximate surface area is 199 Å². The van der Waals surface area contributed by atoms with Crippen molar-refractivity contribution in [1.82, 2.24) is 33.6 Å². The highest BCUT2D eigenvalue weighted by atomic mass is 32.2. The number of aromatic nitrogens is 6. The van der Waals surface area contributed by atoms with Crippen LogP contribution in [0.5, 0.6) is 0 Å². The maximum absolute atomic E-state index is 13.2. The normalized spacial score (nSPS) is 17.3. The molecule has 1 fully saturated rings. The van der Waals surface area contributed by atoms with Gasteiger partial charge in [0.1, 0.15) is 11.6 Å². The van der Waals surface area contributed by atoms with E-state index in [4.69, 9.17) is 0 Å². The molecule has 0 spiro atoms. The van der Waals surface area contributed by atoms with E-state index in [0.717, 1.165) is 17.1 Å². The van der Waals surface area contributed by atoms with Crippen molar-refractivity contribution in [2.75, 3.05) is 18.4 Å². The van der Waals surface area contributed by atoms with Crippen molar-refractivity contribution in [3.63, 3.8) is 0 Å². The minimum Gasteiger partial charge on any atom is -0.323 e. The molecule has 0 saturated carbocycles. The molecule has 12 heteroatoms. The summed E-state index contributed by atoms with van der Waals surface area (Å²) in [6.07, 6.45) is 2.62. The minimum absolute atomic E-state index is 0.139. The number of aryl methyl sites for hydroxylation is 4. The molecule has 0 radical (unpaired) electrons. The average Bonchev–Trinajstić information content (AvgIpc) is 3.39. The maximum atomic E-state index is 13.2. The smallest absolute Gasteiger partial charge is 0.246 e. The number of carbonyl (C=O) groups is 1. The van der Waals surface area contributed by atoms with E-state index in [0.29, 0.717) is 43.1 Å². The highest BCUT2D eigenvalue weighted by molar-refractivity contribution is 7.89. The minimum atomic E-state index is -3.72. The van der Waals surface area contributed by atoms with Gasteiger partial charge in [-0.3, -0.25) is 9.48 Å². The van der Waals surface area contributed by atoms with Gasteiger partial charge in [-0.25, -0.2) is 17.8 Å². The number of anilines is 1. The standard InChI is InChI=1S/C22H32N8O3S/c1-14-10-15(2)29(25-14)13-30-18(5)21(16(3)26-30)24-22(31)19-8-7-9-28(12-19)34(32,33)20-11-23-27(6)17(20)4/h10-11,19H,7-9,12-13H2,1-6H3,(H,24,31). The SMILES string of the molecule is Cc1cc(C)n(Cn2nc(C)c(NC(=O)C3CCCN(S(=O)(=O)c4cnn(C)c4C)C3)c2C)n1. The first-order chi connectivity index (χ1) is 16.0. The van der Waals surface area contributed by atoms with Crippen LogP contribution in [-0.2, 0) is 28.5 Å². The maximum Gasteiger partial charge on any atom is 0.246 e. The lowest BCUT2D eigenvalue weighted by Gasteiger charge is -2.31. The second kappa shape index (κ2) is 8.99. The van der Waals surface area contributed by atoms with E-state index in [9.17, 15) is 13.2 Å². The van der Waals surface area contributed by atoms with Crippen LogP contribution in [0.25, 0.3) is 0 Å². The van der Waals surface area contributed by atoms with Crippen molar-refractivity contribution in [3.05, 3.63) is 40.7 Å². The van der Waals surface area contributed by atoms with Gasteiger partial charge >= 0.3 is 0 Å². The number of carbonyl (C=O) groups excluding carboxylic acids is 1. The van der Waals surface area contributed by atoms with Gasteiger partial charge in [0.15, 0.2) is 0 Å². The summed E-state index contributed by atoms with van der Waals surface area (Å²) in [4.78, 5) is 13.4. The number of nitrogens with zero attached hydrogens (tertiary/aromatic N) is 7. The van der Waals surface area contributed by atoms with Crippen molar-refractivity contribution in [1.29, 1.82) is 0 Å².